The van der Waals surface area contributed by atoms with Crippen LogP contribution < -0.4 is 5.69 Å². The third kappa shape index (κ3) is 5.60. The molecule has 0 saturated carbocycles. The average Bonchev–Trinajstić information content (AvgIpc) is 3.08. The summed E-state index contributed by atoms with van der Waals surface area (Å²) in [5.74, 6) is 0.0150. The quantitative estimate of drug-likeness (QED) is 0.546. The number of thioether (sulfide) groups is 1. The minimum absolute atomic E-state index is 0.0150. The maximum absolute atomic E-state index is 13.3. The van der Waals surface area contributed by atoms with Crippen LogP contribution in [0.25, 0.3) is 0 Å². The molecule has 0 bridgehead atoms. The first kappa shape index (κ1) is 20.9. The highest BCUT2D eigenvalue weighted by Gasteiger charge is 2.24. The molecule has 0 fully saturated rings. The van der Waals surface area contributed by atoms with Crippen LogP contribution in [-0.4, -0.2) is 30.8 Å². The lowest BCUT2D eigenvalue weighted by Crippen LogP contribution is -2.36. The van der Waals surface area contributed by atoms with E-state index >= 15 is 0 Å². The average molecular weight is 411 g/mol. The number of amides is 1. The van der Waals surface area contributed by atoms with Gasteiger partial charge in [0.25, 0.3) is 0 Å². The fourth-order valence-electron chi connectivity index (χ4n) is 3.10. The number of H-pyrrole nitrogens is 1. The fraction of sp³-hybridized carbons (Fsp3) is 0.318. The van der Waals surface area contributed by atoms with Crippen molar-refractivity contribution in [1.82, 2.24) is 19.7 Å². The second-order valence-electron chi connectivity index (χ2n) is 6.89. The Balaban J connectivity index is 1.78. The van der Waals surface area contributed by atoms with Crippen molar-refractivity contribution in [2.45, 2.75) is 50.3 Å². The number of benzene rings is 2. The van der Waals surface area contributed by atoms with Crippen molar-refractivity contribution in [3.05, 3.63) is 82.3 Å². The number of aromatic nitrogens is 3. The molecule has 0 spiro atoms. The third-order valence-electron chi connectivity index (χ3n) is 4.54. The normalized spacial score (nSPS) is 11.9. The minimum Gasteiger partial charge on any atom is -0.333 e. The predicted octanol–water partition coefficient (Wildman–Crippen LogP) is 3.69. The Hall–Kier alpha value is -2.80. The molecule has 3 aromatic rings. The van der Waals surface area contributed by atoms with Crippen molar-refractivity contribution in [3.63, 3.8) is 0 Å². The van der Waals surface area contributed by atoms with E-state index in [1.807, 2.05) is 79.4 Å². The molecule has 7 heteroatoms. The molecule has 3 rings (SSSR count). The molecule has 29 heavy (non-hydrogen) atoms. The first-order chi connectivity index (χ1) is 14.1. The van der Waals surface area contributed by atoms with Gasteiger partial charge in [0.1, 0.15) is 0 Å². The van der Waals surface area contributed by atoms with Crippen LogP contribution in [0.5, 0.6) is 0 Å². The highest BCUT2D eigenvalue weighted by Crippen LogP contribution is 2.23. The lowest BCUT2D eigenvalue weighted by atomic mass is 10.1. The van der Waals surface area contributed by atoms with Gasteiger partial charge in [0, 0.05) is 19.6 Å². The molecule has 0 aliphatic carbocycles. The molecule has 1 heterocycles. The number of hydrogen-bond donors (Lipinski definition) is 1. The van der Waals surface area contributed by atoms with Gasteiger partial charge in [-0.15, -0.1) is 5.10 Å². The minimum atomic E-state index is -0.367. The zero-order chi connectivity index (χ0) is 20.6. The zero-order valence-corrected chi connectivity index (χ0v) is 17.6. The van der Waals surface area contributed by atoms with Gasteiger partial charge in [-0.1, -0.05) is 79.3 Å². The molecule has 0 radical (unpaired) electrons. The maximum atomic E-state index is 13.3. The second-order valence-corrected chi connectivity index (χ2v) is 8.20. The van der Waals surface area contributed by atoms with E-state index in [-0.39, 0.29) is 16.8 Å². The topological polar surface area (TPSA) is 71.0 Å². The summed E-state index contributed by atoms with van der Waals surface area (Å²) in [7, 11) is 0. The summed E-state index contributed by atoms with van der Waals surface area (Å²) in [6, 6.07) is 19.9. The highest BCUT2D eigenvalue weighted by atomic mass is 32.2. The van der Waals surface area contributed by atoms with E-state index in [2.05, 4.69) is 10.2 Å². The van der Waals surface area contributed by atoms with Crippen molar-refractivity contribution in [3.8, 4) is 0 Å². The Morgan fingerprint density at radius 2 is 1.62 bits per heavy atom. The third-order valence-corrected chi connectivity index (χ3v) is 5.62. The summed E-state index contributed by atoms with van der Waals surface area (Å²) in [6.45, 7) is 5.51. The van der Waals surface area contributed by atoms with Gasteiger partial charge in [0.15, 0.2) is 5.16 Å². The van der Waals surface area contributed by atoms with Crippen molar-refractivity contribution in [2.24, 2.45) is 0 Å². The van der Waals surface area contributed by atoms with E-state index < -0.39 is 0 Å². The number of carbonyl (C=O) groups is 1. The summed E-state index contributed by atoms with van der Waals surface area (Å²) in [6.07, 6.45) is 0.823. The van der Waals surface area contributed by atoms with Crippen LogP contribution in [0.4, 0.5) is 0 Å². The van der Waals surface area contributed by atoms with Crippen LogP contribution >= 0.6 is 11.8 Å². The zero-order valence-electron chi connectivity index (χ0n) is 16.7. The van der Waals surface area contributed by atoms with E-state index in [0.717, 1.165) is 17.5 Å². The van der Waals surface area contributed by atoms with Gasteiger partial charge in [-0.05, 0) is 24.5 Å². The number of aromatic amines is 1. The van der Waals surface area contributed by atoms with Crippen LogP contribution in [0, 0.1) is 0 Å². The number of carbonyl (C=O) groups excluding carboxylic acids is 1. The van der Waals surface area contributed by atoms with E-state index in [4.69, 9.17) is 0 Å². The summed E-state index contributed by atoms with van der Waals surface area (Å²) in [5.41, 5.74) is 1.92. The van der Waals surface area contributed by atoms with Gasteiger partial charge in [0.2, 0.25) is 5.91 Å². The molecule has 1 aromatic heterocycles. The molecule has 152 valence electrons. The van der Waals surface area contributed by atoms with Crippen LogP contribution in [-0.2, 0) is 24.4 Å². The molecule has 0 aliphatic heterocycles. The van der Waals surface area contributed by atoms with Gasteiger partial charge in [-0.3, -0.25) is 9.36 Å². The van der Waals surface area contributed by atoms with Crippen molar-refractivity contribution in [1.29, 1.82) is 0 Å². The van der Waals surface area contributed by atoms with Crippen LogP contribution in [0.2, 0.25) is 0 Å². The van der Waals surface area contributed by atoms with E-state index in [1.165, 1.54) is 11.8 Å². The maximum Gasteiger partial charge on any atom is 0.343 e. The largest absolute Gasteiger partial charge is 0.343 e. The van der Waals surface area contributed by atoms with Crippen LogP contribution in [0.15, 0.2) is 70.6 Å². The van der Waals surface area contributed by atoms with E-state index in [1.54, 1.807) is 4.57 Å². The number of nitrogens with zero attached hydrogens (tertiary/aromatic N) is 3. The first-order valence-electron chi connectivity index (χ1n) is 9.77. The lowest BCUT2D eigenvalue weighted by Gasteiger charge is -2.26. The molecule has 1 N–H and O–H groups in total. The van der Waals surface area contributed by atoms with Gasteiger partial charge in [0.05, 0.1) is 5.25 Å². The monoisotopic (exact) mass is 410 g/mol. The Kier molecular flexibility index (Phi) is 7.30. The van der Waals surface area contributed by atoms with Crippen LogP contribution in [0.3, 0.4) is 0 Å². The number of hydrogen-bond acceptors (Lipinski definition) is 4. The SMILES string of the molecule is CCCn1c(SC(C)C(=O)N(Cc2ccccc2)Cc2ccccc2)n[nH]c1=O. The highest BCUT2D eigenvalue weighted by molar-refractivity contribution is 8.00. The Morgan fingerprint density at radius 3 is 2.14 bits per heavy atom. The number of rotatable bonds is 9. The van der Waals surface area contributed by atoms with Crippen LogP contribution in [0.1, 0.15) is 31.4 Å². The molecule has 0 saturated heterocycles. The summed E-state index contributed by atoms with van der Waals surface area (Å²) in [4.78, 5) is 27.1. The Morgan fingerprint density at radius 1 is 1.07 bits per heavy atom. The van der Waals surface area contributed by atoms with Crippen molar-refractivity contribution < 1.29 is 4.79 Å². The van der Waals surface area contributed by atoms with Gasteiger partial charge >= 0.3 is 5.69 Å². The van der Waals surface area contributed by atoms with Crippen molar-refractivity contribution >= 4 is 17.7 Å². The second kappa shape index (κ2) is 10.1. The first-order valence-corrected chi connectivity index (χ1v) is 10.6. The standard InChI is InChI=1S/C22H26N4O2S/c1-3-14-26-21(28)23-24-22(26)29-17(2)20(27)25(15-18-10-6-4-7-11-18)16-19-12-8-5-9-13-19/h4-13,17H,3,14-16H2,1-2H3,(H,23,28). The molecule has 2 aromatic carbocycles. The van der Waals surface area contributed by atoms with Gasteiger partial charge in [-0.2, -0.15) is 0 Å². The number of nitrogens with one attached hydrogen (secondary N) is 1. The molecule has 1 amide bonds. The lowest BCUT2D eigenvalue weighted by molar-refractivity contribution is -0.131. The molecule has 6 nitrogen and oxygen atoms in total. The summed E-state index contributed by atoms with van der Waals surface area (Å²) in [5, 5.41) is 6.77. The predicted molar refractivity (Wildman–Crippen MR) is 116 cm³/mol. The molecular weight excluding hydrogens is 384 g/mol. The molecule has 0 aliphatic rings. The van der Waals surface area contributed by atoms with Gasteiger partial charge in [-0.25, -0.2) is 9.89 Å². The Bertz CT molecular complexity index is 928. The van der Waals surface area contributed by atoms with Gasteiger partial charge < -0.3 is 4.90 Å². The summed E-state index contributed by atoms with van der Waals surface area (Å²) < 4.78 is 1.59. The molecule has 1 unspecified atom stereocenters. The smallest absolute Gasteiger partial charge is 0.333 e. The Labute approximate surface area is 174 Å². The molecular formula is C22H26N4O2S. The summed E-state index contributed by atoms with van der Waals surface area (Å²) >= 11 is 1.32. The van der Waals surface area contributed by atoms with E-state index in [0.29, 0.717) is 24.8 Å². The van der Waals surface area contributed by atoms with E-state index in [9.17, 15) is 9.59 Å². The molecule has 1 atom stereocenters. The van der Waals surface area contributed by atoms with Crippen molar-refractivity contribution in [2.75, 3.05) is 0 Å². The fourth-order valence-corrected chi connectivity index (χ4v) is 4.06.